The fraction of sp³-hybridized carbons (Fsp3) is 0.111. The molecule has 1 aliphatic heterocycles. The molecule has 0 bridgehead atoms. The van der Waals surface area contributed by atoms with Gasteiger partial charge in [-0.15, -0.1) is 17.5 Å². The van der Waals surface area contributed by atoms with Gasteiger partial charge in [0.25, 0.3) is 0 Å². The van der Waals surface area contributed by atoms with E-state index in [0.29, 0.717) is 0 Å². The van der Waals surface area contributed by atoms with Crippen LogP contribution < -0.4 is 9.47 Å². The summed E-state index contributed by atoms with van der Waals surface area (Å²) in [6, 6.07) is 13.9. The van der Waals surface area contributed by atoms with Gasteiger partial charge in [0.1, 0.15) is 6.33 Å². The molecule has 26 heavy (non-hydrogen) atoms. The van der Waals surface area contributed by atoms with Crippen LogP contribution in [-0.2, 0) is 0 Å². The Labute approximate surface area is 155 Å². The van der Waals surface area contributed by atoms with E-state index >= 15 is 0 Å². The number of aryl methyl sites for hydroxylation is 1. The van der Waals surface area contributed by atoms with Gasteiger partial charge >= 0.3 is 0 Å². The monoisotopic (exact) mass is 367 g/mol. The number of fused-ring (bicyclic) bond motifs is 2. The topological polar surface area (TPSA) is 75.0 Å². The zero-order valence-electron chi connectivity index (χ0n) is 13.8. The largest absolute Gasteiger partial charge is 0.454 e. The Morgan fingerprint density at radius 1 is 1.04 bits per heavy atom. The molecule has 0 atom stereocenters. The van der Waals surface area contributed by atoms with Crippen LogP contribution in [0.4, 0.5) is 0 Å². The van der Waals surface area contributed by atoms with E-state index < -0.39 is 0 Å². The number of tetrazole rings is 1. The summed E-state index contributed by atoms with van der Waals surface area (Å²) in [5.74, 6) is 1.50. The van der Waals surface area contributed by atoms with Gasteiger partial charge in [0.15, 0.2) is 11.5 Å². The third-order valence-corrected chi connectivity index (χ3v) is 4.27. The van der Waals surface area contributed by atoms with Gasteiger partial charge in [-0.3, -0.25) is 0 Å². The van der Waals surface area contributed by atoms with Gasteiger partial charge in [-0.2, -0.15) is 0 Å². The molecule has 0 aliphatic carbocycles. The third kappa shape index (κ3) is 2.62. The molecule has 0 amide bonds. The first kappa shape index (κ1) is 16.3. The summed E-state index contributed by atoms with van der Waals surface area (Å²) in [5.41, 5.74) is 4.78. The number of halogens is 1. The summed E-state index contributed by atoms with van der Waals surface area (Å²) in [6.45, 7) is 2.33. The highest BCUT2D eigenvalue weighted by Gasteiger charge is 2.16. The second-order valence-corrected chi connectivity index (χ2v) is 5.85. The van der Waals surface area contributed by atoms with Crippen molar-refractivity contribution in [2.75, 3.05) is 6.79 Å². The minimum Gasteiger partial charge on any atom is -0.454 e. The number of hydrogen-bond donors (Lipinski definition) is 0. The smallest absolute Gasteiger partial charge is 0.231 e. The van der Waals surface area contributed by atoms with Crippen LogP contribution in [0, 0.1) is 6.92 Å². The van der Waals surface area contributed by atoms with Crippen LogP contribution in [0.1, 0.15) is 5.56 Å². The van der Waals surface area contributed by atoms with Crippen LogP contribution in [0.2, 0.25) is 0 Å². The highest BCUT2D eigenvalue weighted by molar-refractivity contribution is 5.88. The number of ether oxygens (including phenoxy) is 2. The van der Waals surface area contributed by atoms with E-state index in [-0.39, 0.29) is 19.2 Å². The first-order chi connectivity index (χ1) is 12.3. The zero-order valence-corrected chi connectivity index (χ0v) is 14.6. The molecule has 0 saturated heterocycles. The first-order valence-electron chi connectivity index (χ1n) is 7.83. The van der Waals surface area contributed by atoms with E-state index in [1.54, 1.807) is 11.0 Å². The maximum atomic E-state index is 5.47. The highest BCUT2D eigenvalue weighted by Crippen LogP contribution is 2.37. The summed E-state index contributed by atoms with van der Waals surface area (Å²) in [5, 5.41) is 12.4. The van der Waals surface area contributed by atoms with E-state index in [1.165, 1.54) is 0 Å². The Kier molecular flexibility index (Phi) is 3.93. The van der Waals surface area contributed by atoms with Crippen LogP contribution in [0.5, 0.6) is 11.5 Å². The average molecular weight is 368 g/mol. The fourth-order valence-corrected chi connectivity index (χ4v) is 3.02. The Bertz CT molecular complexity index is 1100. The maximum absolute atomic E-state index is 5.47. The molecule has 0 radical (unpaired) electrons. The predicted octanol–water partition coefficient (Wildman–Crippen LogP) is 3.34. The SMILES string of the molecule is Cc1cc(-c2cccc(-n3cnnn3)c2)nc2cc3c(cc12)OCO3.Cl. The summed E-state index contributed by atoms with van der Waals surface area (Å²) in [7, 11) is 0. The lowest BCUT2D eigenvalue weighted by Crippen LogP contribution is -1.96. The van der Waals surface area contributed by atoms with Crippen LogP contribution in [0.25, 0.3) is 27.8 Å². The van der Waals surface area contributed by atoms with Gasteiger partial charge in [-0.05, 0) is 47.2 Å². The number of benzene rings is 2. The van der Waals surface area contributed by atoms with Crippen molar-refractivity contribution in [1.82, 2.24) is 25.2 Å². The van der Waals surface area contributed by atoms with E-state index in [9.17, 15) is 0 Å². The molecule has 0 saturated carbocycles. The van der Waals surface area contributed by atoms with Crippen LogP contribution in [-0.4, -0.2) is 32.0 Å². The van der Waals surface area contributed by atoms with Gasteiger partial charge in [0, 0.05) is 17.0 Å². The Hall–Kier alpha value is -3.19. The molecule has 0 N–H and O–H groups in total. The molecule has 130 valence electrons. The van der Waals surface area contributed by atoms with E-state index in [4.69, 9.17) is 14.5 Å². The van der Waals surface area contributed by atoms with Crippen molar-refractivity contribution in [3.05, 3.63) is 54.4 Å². The quantitative estimate of drug-likeness (QED) is 0.541. The van der Waals surface area contributed by atoms with Crippen molar-refractivity contribution in [1.29, 1.82) is 0 Å². The maximum Gasteiger partial charge on any atom is 0.231 e. The van der Waals surface area contributed by atoms with E-state index in [1.807, 2.05) is 36.4 Å². The highest BCUT2D eigenvalue weighted by atomic mass is 35.5. The molecule has 5 rings (SSSR count). The first-order valence-corrected chi connectivity index (χ1v) is 7.83. The molecule has 0 unspecified atom stereocenters. The Morgan fingerprint density at radius 2 is 1.88 bits per heavy atom. The predicted molar refractivity (Wildman–Crippen MR) is 98.0 cm³/mol. The standard InChI is InChI=1S/C18H13N5O2.ClH/c1-11-5-15(12-3-2-4-13(6-12)23-9-19-21-22-23)20-16-8-18-17(7-14(11)16)24-10-25-18;/h2-9H,10H2,1H3;1H. The second kappa shape index (κ2) is 6.27. The summed E-state index contributed by atoms with van der Waals surface area (Å²) >= 11 is 0. The fourth-order valence-electron chi connectivity index (χ4n) is 3.02. The van der Waals surface area contributed by atoms with E-state index in [0.717, 1.165) is 44.9 Å². The minimum atomic E-state index is 0. The number of nitrogens with zero attached hydrogens (tertiary/aromatic N) is 5. The normalized spacial score (nSPS) is 12.2. The molecule has 2 aromatic carbocycles. The van der Waals surface area contributed by atoms with Gasteiger partial charge in [0.05, 0.1) is 16.9 Å². The van der Waals surface area contributed by atoms with Crippen LogP contribution in [0.3, 0.4) is 0 Å². The average Bonchev–Trinajstić information content (AvgIpc) is 3.32. The van der Waals surface area contributed by atoms with Gasteiger partial charge < -0.3 is 9.47 Å². The number of hydrogen-bond acceptors (Lipinski definition) is 6. The lowest BCUT2D eigenvalue weighted by Gasteiger charge is -2.09. The van der Waals surface area contributed by atoms with Crippen molar-refractivity contribution < 1.29 is 9.47 Å². The van der Waals surface area contributed by atoms with Crippen LogP contribution >= 0.6 is 12.4 Å². The van der Waals surface area contributed by atoms with Gasteiger partial charge in [-0.25, -0.2) is 9.67 Å². The molecule has 2 aromatic heterocycles. The molecule has 3 heterocycles. The molecule has 4 aromatic rings. The number of aromatic nitrogens is 5. The lowest BCUT2D eigenvalue weighted by molar-refractivity contribution is 0.174. The van der Waals surface area contributed by atoms with Crippen molar-refractivity contribution in [2.45, 2.75) is 6.92 Å². The molecular weight excluding hydrogens is 354 g/mol. The summed E-state index contributed by atoms with van der Waals surface area (Å²) < 4.78 is 12.6. The number of rotatable bonds is 2. The van der Waals surface area contributed by atoms with Crippen molar-refractivity contribution in [3.63, 3.8) is 0 Å². The zero-order chi connectivity index (χ0) is 16.8. The van der Waals surface area contributed by atoms with Crippen molar-refractivity contribution in [2.24, 2.45) is 0 Å². The minimum absolute atomic E-state index is 0. The van der Waals surface area contributed by atoms with Crippen LogP contribution in [0.15, 0.2) is 48.8 Å². The van der Waals surface area contributed by atoms with E-state index in [2.05, 4.69) is 28.5 Å². The van der Waals surface area contributed by atoms with Gasteiger partial charge in [-0.1, -0.05) is 12.1 Å². The number of pyridine rings is 1. The van der Waals surface area contributed by atoms with Gasteiger partial charge in [0.2, 0.25) is 6.79 Å². The molecule has 0 fully saturated rings. The molecule has 8 heteroatoms. The van der Waals surface area contributed by atoms with Crippen molar-refractivity contribution >= 4 is 23.3 Å². The summed E-state index contributed by atoms with van der Waals surface area (Å²) in [4.78, 5) is 4.81. The second-order valence-electron chi connectivity index (χ2n) is 5.85. The lowest BCUT2D eigenvalue weighted by atomic mass is 10.0. The Morgan fingerprint density at radius 3 is 2.69 bits per heavy atom. The Balaban J connectivity index is 0.00000168. The molecule has 7 nitrogen and oxygen atoms in total. The molecule has 1 aliphatic rings. The van der Waals surface area contributed by atoms with Crippen molar-refractivity contribution in [3.8, 4) is 28.4 Å². The molecule has 0 spiro atoms. The molecular formula is C18H14ClN5O2. The third-order valence-electron chi connectivity index (χ3n) is 4.27. The summed E-state index contributed by atoms with van der Waals surface area (Å²) in [6.07, 6.45) is 1.57.